The largest absolute Gasteiger partial charge is 0.493 e. The predicted molar refractivity (Wildman–Crippen MR) is 104 cm³/mol. The normalized spacial score (nSPS) is 16.7. The lowest BCUT2D eigenvalue weighted by atomic mass is 10.2. The van der Waals surface area contributed by atoms with Gasteiger partial charge in [-0.1, -0.05) is 17.7 Å². The Labute approximate surface area is 163 Å². The van der Waals surface area contributed by atoms with Crippen LogP contribution in [0.1, 0.15) is 28.9 Å². The number of hydrogen-bond acceptors (Lipinski definition) is 5. The molecule has 0 N–H and O–H groups in total. The van der Waals surface area contributed by atoms with Gasteiger partial charge in [0.05, 0.1) is 13.7 Å². The molecule has 7 heteroatoms. The summed E-state index contributed by atoms with van der Waals surface area (Å²) in [5.41, 5.74) is 2.03. The van der Waals surface area contributed by atoms with Crippen LogP contribution in [-0.2, 0) is 6.54 Å². The van der Waals surface area contributed by atoms with Gasteiger partial charge >= 0.3 is 0 Å². The van der Waals surface area contributed by atoms with E-state index in [-0.39, 0.29) is 5.91 Å². The van der Waals surface area contributed by atoms with Gasteiger partial charge in [-0.15, -0.1) is 0 Å². The second-order valence-corrected chi connectivity index (χ2v) is 7.15. The molecule has 0 unspecified atom stereocenters. The molecule has 2 aliphatic heterocycles. The fourth-order valence-corrected chi connectivity index (χ4v) is 3.74. The molecule has 1 saturated heterocycles. The summed E-state index contributed by atoms with van der Waals surface area (Å²) >= 11 is 5.92. The van der Waals surface area contributed by atoms with Gasteiger partial charge in [-0.2, -0.15) is 0 Å². The zero-order valence-electron chi connectivity index (χ0n) is 15.3. The monoisotopic (exact) mass is 387 g/mol. The SMILES string of the molecule is COc1cc(N2Cc3ccc(Cl)nc3C2=O)ccc1OCCN1CCCC1. The molecule has 142 valence electrons. The Bertz CT molecular complexity index is 852. The Hall–Kier alpha value is -2.31. The Morgan fingerprint density at radius 2 is 1.96 bits per heavy atom. The number of anilines is 1. The van der Waals surface area contributed by atoms with Crippen LogP contribution in [0.3, 0.4) is 0 Å². The molecule has 2 aliphatic rings. The van der Waals surface area contributed by atoms with E-state index in [9.17, 15) is 4.79 Å². The molecule has 4 rings (SSSR count). The first-order valence-electron chi connectivity index (χ1n) is 9.16. The van der Waals surface area contributed by atoms with Crippen LogP contribution < -0.4 is 14.4 Å². The summed E-state index contributed by atoms with van der Waals surface area (Å²) in [5, 5.41) is 0.322. The van der Waals surface area contributed by atoms with Crippen molar-refractivity contribution in [1.29, 1.82) is 0 Å². The number of carbonyl (C=O) groups is 1. The van der Waals surface area contributed by atoms with Crippen LogP contribution in [0.5, 0.6) is 11.5 Å². The summed E-state index contributed by atoms with van der Waals surface area (Å²) in [7, 11) is 1.61. The maximum absolute atomic E-state index is 12.7. The molecule has 1 fully saturated rings. The van der Waals surface area contributed by atoms with Crippen molar-refractivity contribution in [3.8, 4) is 11.5 Å². The maximum atomic E-state index is 12.7. The molecule has 0 atom stereocenters. The molecule has 1 aromatic heterocycles. The molecule has 6 nitrogen and oxygen atoms in total. The van der Waals surface area contributed by atoms with Crippen LogP contribution >= 0.6 is 11.6 Å². The molecule has 2 aromatic rings. The minimum absolute atomic E-state index is 0.155. The number of hydrogen-bond donors (Lipinski definition) is 0. The molecule has 0 spiro atoms. The molecular weight excluding hydrogens is 366 g/mol. The van der Waals surface area contributed by atoms with Crippen molar-refractivity contribution in [2.75, 3.05) is 38.3 Å². The molecule has 0 radical (unpaired) electrons. The van der Waals surface area contributed by atoms with Crippen molar-refractivity contribution in [2.24, 2.45) is 0 Å². The Balaban J connectivity index is 1.47. The summed E-state index contributed by atoms with van der Waals surface area (Å²) in [6, 6.07) is 9.11. The molecule has 0 bridgehead atoms. The number of amides is 1. The highest BCUT2D eigenvalue weighted by atomic mass is 35.5. The molecule has 27 heavy (non-hydrogen) atoms. The van der Waals surface area contributed by atoms with Crippen LogP contribution in [0.2, 0.25) is 5.15 Å². The van der Waals surface area contributed by atoms with Gasteiger partial charge in [-0.3, -0.25) is 9.69 Å². The first-order valence-corrected chi connectivity index (χ1v) is 9.54. The van der Waals surface area contributed by atoms with Crippen LogP contribution in [0.4, 0.5) is 5.69 Å². The third kappa shape index (κ3) is 3.73. The number of rotatable bonds is 6. The van der Waals surface area contributed by atoms with E-state index in [1.165, 1.54) is 12.8 Å². The zero-order chi connectivity index (χ0) is 18.8. The molecule has 0 aliphatic carbocycles. The highest BCUT2D eigenvalue weighted by Gasteiger charge is 2.30. The van der Waals surface area contributed by atoms with Crippen LogP contribution in [0.15, 0.2) is 30.3 Å². The lowest BCUT2D eigenvalue weighted by Crippen LogP contribution is -2.25. The van der Waals surface area contributed by atoms with E-state index in [0.717, 1.165) is 30.9 Å². The van der Waals surface area contributed by atoms with Crippen LogP contribution in [0, 0.1) is 0 Å². The minimum Gasteiger partial charge on any atom is -0.493 e. The highest BCUT2D eigenvalue weighted by Crippen LogP contribution is 2.35. The summed E-state index contributed by atoms with van der Waals surface area (Å²) < 4.78 is 11.4. The number of halogens is 1. The standard InChI is InChI=1S/C20H22ClN3O3/c1-26-17-12-15(5-6-16(17)27-11-10-23-8-2-3-9-23)24-13-14-4-7-18(21)22-19(14)20(24)25/h4-7,12H,2-3,8-11,13H2,1H3. The first-order chi connectivity index (χ1) is 13.2. The summed E-state index contributed by atoms with van der Waals surface area (Å²) in [6.45, 7) is 4.30. The van der Waals surface area contributed by atoms with Crippen molar-refractivity contribution in [3.05, 3.63) is 46.7 Å². The third-order valence-electron chi connectivity index (χ3n) is 5.04. The highest BCUT2D eigenvalue weighted by molar-refractivity contribution is 6.29. The number of likely N-dealkylation sites (tertiary alicyclic amines) is 1. The van der Waals surface area contributed by atoms with E-state index in [1.54, 1.807) is 18.1 Å². The second kappa shape index (κ2) is 7.74. The summed E-state index contributed by atoms with van der Waals surface area (Å²) in [4.78, 5) is 20.9. The molecule has 1 amide bonds. The van der Waals surface area contributed by atoms with Gasteiger partial charge in [0.25, 0.3) is 5.91 Å². The van der Waals surface area contributed by atoms with E-state index in [4.69, 9.17) is 21.1 Å². The number of benzene rings is 1. The molecular formula is C20H22ClN3O3. The van der Waals surface area contributed by atoms with Gasteiger partial charge in [-0.25, -0.2) is 4.98 Å². The third-order valence-corrected chi connectivity index (χ3v) is 5.25. The van der Waals surface area contributed by atoms with Gasteiger partial charge in [0.15, 0.2) is 11.5 Å². The van der Waals surface area contributed by atoms with Crippen molar-refractivity contribution in [3.63, 3.8) is 0 Å². The van der Waals surface area contributed by atoms with E-state index < -0.39 is 0 Å². The number of carbonyl (C=O) groups excluding carboxylic acids is 1. The van der Waals surface area contributed by atoms with Crippen molar-refractivity contribution in [2.45, 2.75) is 19.4 Å². The van der Waals surface area contributed by atoms with E-state index in [2.05, 4.69) is 9.88 Å². The second-order valence-electron chi connectivity index (χ2n) is 6.77. The Kier molecular flexibility index (Phi) is 5.18. The van der Waals surface area contributed by atoms with Gasteiger partial charge in [0.2, 0.25) is 0 Å². The average Bonchev–Trinajstić information content (AvgIpc) is 3.30. The molecule has 3 heterocycles. The summed E-state index contributed by atoms with van der Waals surface area (Å²) in [5.74, 6) is 1.15. The maximum Gasteiger partial charge on any atom is 0.277 e. The van der Waals surface area contributed by atoms with Gasteiger partial charge in [-0.05, 0) is 44.1 Å². The number of pyridine rings is 1. The van der Waals surface area contributed by atoms with Crippen molar-refractivity contribution in [1.82, 2.24) is 9.88 Å². The van der Waals surface area contributed by atoms with Crippen LogP contribution in [0.25, 0.3) is 0 Å². The van der Waals surface area contributed by atoms with Crippen LogP contribution in [-0.4, -0.2) is 49.1 Å². The van der Waals surface area contributed by atoms with Crippen molar-refractivity contribution < 1.29 is 14.3 Å². The number of methoxy groups -OCH3 is 1. The predicted octanol–water partition coefficient (Wildman–Crippen LogP) is 3.38. The Morgan fingerprint density at radius 3 is 2.74 bits per heavy atom. The molecule has 0 saturated carbocycles. The zero-order valence-corrected chi connectivity index (χ0v) is 16.0. The lowest BCUT2D eigenvalue weighted by Gasteiger charge is -2.19. The quantitative estimate of drug-likeness (QED) is 0.711. The topological polar surface area (TPSA) is 54.9 Å². The fraction of sp³-hybridized carbons (Fsp3) is 0.400. The number of aromatic nitrogens is 1. The van der Waals surface area contributed by atoms with Crippen molar-refractivity contribution >= 4 is 23.2 Å². The lowest BCUT2D eigenvalue weighted by molar-refractivity contribution is 0.0992. The van der Waals surface area contributed by atoms with E-state index in [0.29, 0.717) is 35.5 Å². The van der Waals surface area contributed by atoms with Gasteiger partial charge in [0.1, 0.15) is 17.5 Å². The Morgan fingerprint density at radius 1 is 1.15 bits per heavy atom. The van der Waals surface area contributed by atoms with E-state index >= 15 is 0 Å². The van der Waals surface area contributed by atoms with E-state index in [1.807, 2.05) is 24.3 Å². The number of nitrogens with zero attached hydrogens (tertiary/aromatic N) is 3. The minimum atomic E-state index is -0.155. The van der Waals surface area contributed by atoms with Gasteiger partial charge < -0.3 is 14.4 Å². The smallest absolute Gasteiger partial charge is 0.277 e. The molecule has 1 aromatic carbocycles. The summed E-state index contributed by atoms with van der Waals surface area (Å²) in [6.07, 6.45) is 2.54. The number of ether oxygens (including phenoxy) is 2. The average molecular weight is 388 g/mol. The van der Waals surface area contributed by atoms with Gasteiger partial charge in [0, 0.05) is 23.9 Å². The number of fused-ring (bicyclic) bond motifs is 1. The fourth-order valence-electron chi connectivity index (χ4n) is 3.59. The first kappa shape index (κ1) is 18.1.